The van der Waals surface area contributed by atoms with E-state index >= 15 is 0 Å². The highest BCUT2D eigenvalue weighted by molar-refractivity contribution is 7.95. The molecule has 0 unspecified atom stereocenters. The second-order valence-corrected chi connectivity index (χ2v) is 7.31. The van der Waals surface area contributed by atoms with Crippen molar-refractivity contribution in [3.05, 3.63) is 54.1 Å². The molecule has 1 N–H and O–H groups in total. The van der Waals surface area contributed by atoms with Crippen molar-refractivity contribution in [2.75, 3.05) is 28.2 Å². The molecule has 0 aromatic heterocycles. The highest BCUT2D eigenvalue weighted by Gasteiger charge is 2.43. The first kappa shape index (κ1) is 17.6. The van der Waals surface area contributed by atoms with Crippen molar-refractivity contribution >= 4 is 27.3 Å². The average molecular weight is 367 g/mol. The molecule has 2 aromatic rings. The fourth-order valence-electron chi connectivity index (χ4n) is 2.87. The zero-order valence-electron chi connectivity index (χ0n) is 13.7. The molecule has 3 rings (SSSR count). The van der Waals surface area contributed by atoms with Gasteiger partial charge in [0.2, 0.25) is 0 Å². The van der Waals surface area contributed by atoms with Crippen molar-refractivity contribution in [3.8, 4) is 0 Å². The molecule has 0 saturated heterocycles. The first-order valence-corrected chi connectivity index (χ1v) is 9.45. The number of nitrogens with zero attached hydrogens (tertiary/aromatic N) is 2. The van der Waals surface area contributed by atoms with E-state index in [1.807, 2.05) is 6.92 Å². The van der Waals surface area contributed by atoms with Crippen LogP contribution < -0.4 is 13.9 Å². The van der Waals surface area contributed by atoms with Crippen molar-refractivity contribution < 1.29 is 17.2 Å². The molecule has 0 amide bonds. The van der Waals surface area contributed by atoms with Crippen LogP contribution in [-0.4, -0.2) is 28.1 Å². The van der Waals surface area contributed by atoms with Gasteiger partial charge in [-0.1, -0.05) is 25.1 Å². The number of fused-ring (bicyclic) bond motifs is 1. The second-order valence-electron chi connectivity index (χ2n) is 5.61. The van der Waals surface area contributed by atoms with E-state index in [9.17, 15) is 17.2 Å². The molecule has 25 heavy (non-hydrogen) atoms. The maximum Gasteiger partial charge on any atom is 0.331 e. The molecule has 0 saturated carbocycles. The third-order valence-electron chi connectivity index (χ3n) is 3.98. The Morgan fingerprint density at radius 3 is 2.28 bits per heavy atom. The monoisotopic (exact) mass is 367 g/mol. The van der Waals surface area contributed by atoms with Crippen LogP contribution in [0.2, 0.25) is 0 Å². The maximum absolute atomic E-state index is 14.2. The van der Waals surface area contributed by atoms with E-state index in [1.54, 1.807) is 24.3 Å². The van der Waals surface area contributed by atoms with Gasteiger partial charge in [-0.05, 0) is 43.8 Å². The lowest BCUT2D eigenvalue weighted by atomic mass is 10.2. The third-order valence-corrected chi connectivity index (χ3v) is 5.76. The molecule has 0 bridgehead atoms. The van der Waals surface area contributed by atoms with Crippen LogP contribution in [0, 0.1) is 11.6 Å². The van der Waals surface area contributed by atoms with E-state index < -0.39 is 27.5 Å². The number of halogens is 2. The van der Waals surface area contributed by atoms with E-state index in [1.165, 1.54) is 10.4 Å². The van der Waals surface area contributed by atoms with Gasteiger partial charge in [0.15, 0.2) is 11.6 Å². The number of rotatable bonds is 6. The van der Waals surface area contributed by atoms with Gasteiger partial charge in [0.1, 0.15) is 5.69 Å². The Bertz CT molecular complexity index is 854. The Balaban J connectivity index is 2.06. The van der Waals surface area contributed by atoms with Crippen LogP contribution in [0.5, 0.6) is 0 Å². The van der Waals surface area contributed by atoms with Gasteiger partial charge in [-0.25, -0.2) is 13.1 Å². The van der Waals surface area contributed by atoms with Gasteiger partial charge in [-0.15, -0.1) is 0 Å². The predicted molar refractivity (Wildman–Crippen MR) is 94.4 cm³/mol. The normalized spacial score (nSPS) is 15.5. The Morgan fingerprint density at radius 2 is 1.64 bits per heavy atom. The summed E-state index contributed by atoms with van der Waals surface area (Å²) in [6.07, 6.45) is 0.578. The quantitative estimate of drug-likeness (QED) is 0.798. The first-order chi connectivity index (χ1) is 12.0. The summed E-state index contributed by atoms with van der Waals surface area (Å²) in [6, 6.07) is 9.82. The smallest absolute Gasteiger partial charge is 0.317 e. The number of para-hydroxylation sites is 3. The van der Waals surface area contributed by atoms with Gasteiger partial charge in [0, 0.05) is 6.54 Å². The van der Waals surface area contributed by atoms with Crippen LogP contribution in [0.3, 0.4) is 0 Å². The summed E-state index contributed by atoms with van der Waals surface area (Å²) in [7, 11) is -4.11. The van der Waals surface area contributed by atoms with Crippen molar-refractivity contribution in [2.24, 2.45) is 0 Å². The summed E-state index contributed by atoms with van der Waals surface area (Å²) in [6.45, 7) is 3.62. The summed E-state index contributed by atoms with van der Waals surface area (Å²) >= 11 is 0. The van der Waals surface area contributed by atoms with Crippen LogP contribution in [0.15, 0.2) is 42.5 Å². The van der Waals surface area contributed by atoms with Gasteiger partial charge in [-0.3, -0.25) is 4.31 Å². The van der Waals surface area contributed by atoms with Crippen molar-refractivity contribution in [3.63, 3.8) is 0 Å². The van der Waals surface area contributed by atoms with Crippen LogP contribution in [-0.2, 0) is 10.2 Å². The SMILES string of the molecule is CCNCCCN1c2ccccc2N(c2c(F)cccc2F)S1(=O)=O. The largest absolute Gasteiger partial charge is 0.331 e. The fraction of sp³-hybridized carbons (Fsp3) is 0.294. The second kappa shape index (κ2) is 6.97. The van der Waals surface area contributed by atoms with E-state index in [0.717, 1.165) is 23.0 Å². The van der Waals surface area contributed by atoms with E-state index in [4.69, 9.17) is 0 Å². The van der Waals surface area contributed by atoms with Gasteiger partial charge in [0.05, 0.1) is 11.4 Å². The number of anilines is 3. The van der Waals surface area contributed by atoms with Crippen molar-refractivity contribution in [1.82, 2.24) is 5.32 Å². The Kier molecular flexibility index (Phi) is 4.91. The van der Waals surface area contributed by atoms with Crippen LogP contribution >= 0.6 is 0 Å². The van der Waals surface area contributed by atoms with E-state index in [-0.39, 0.29) is 12.2 Å². The number of nitrogens with one attached hydrogen (secondary N) is 1. The summed E-state index contributed by atoms with van der Waals surface area (Å²) in [5, 5.41) is 3.13. The molecular formula is C17H19F2N3O2S. The summed E-state index contributed by atoms with van der Waals surface area (Å²) < 4.78 is 56.5. The molecule has 134 valence electrons. The van der Waals surface area contributed by atoms with Gasteiger partial charge in [-0.2, -0.15) is 8.42 Å². The maximum atomic E-state index is 14.2. The topological polar surface area (TPSA) is 52.6 Å². The molecule has 0 aliphatic carbocycles. The molecule has 1 heterocycles. The highest BCUT2D eigenvalue weighted by atomic mass is 32.2. The lowest BCUT2D eigenvalue weighted by Gasteiger charge is -2.22. The van der Waals surface area contributed by atoms with Gasteiger partial charge in [0.25, 0.3) is 0 Å². The van der Waals surface area contributed by atoms with Gasteiger partial charge >= 0.3 is 10.2 Å². The molecular weight excluding hydrogens is 348 g/mol. The molecule has 2 aromatic carbocycles. The zero-order chi connectivity index (χ0) is 18.0. The Morgan fingerprint density at radius 1 is 1.00 bits per heavy atom. The molecule has 1 aliphatic heterocycles. The molecule has 0 fully saturated rings. The highest BCUT2D eigenvalue weighted by Crippen LogP contribution is 2.46. The molecule has 0 spiro atoms. The lowest BCUT2D eigenvalue weighted by Crippen LogP contribution is -2.37. The molecule has 5 nitrogen and oxygen atoms in total. The van der Waals surface area contributed by atoms with Crippen LogP contribution in [0.25, 0.3) is 0 Å². The average Bonchev–Trinajstić information content (AvgIpc) is 2.79. The minimum Gasteiger partial charge on any atom is -0.317 e. The number of hydrogen-bond donors (Lipinski definition) is 1. The predicted octanol–water partition coefficient (Wildman–Crippen LogP) is 3.17. The van der Waals surface area contributed by atoms with Crippen molar-refractivity contribution in [2.45, 2.75) is 13.3 Å². The Labute approximate surface area is 146 Å². The molecule has 0 atom stereocenters. The van der Waals surface area contributed by atoms with Crippen LogP contribution in [0.4, 0.5) is 25.8 Å². The van der Waals surface area contributed by atoms with Gasteiger partial charge < -0.3 is 5.32 Å². The third kappa shape index (κ3) is 3.07. The molecule has 8 heteroatoms. The minimum atomic E-state index is -4.11. The van der Waals surface area contributed by atoms with Crippen molar-refractivity contribution in [1.29, 1.82) is 0 Å². The van der Waals surface area contributed by atoms with E-state index in [0.29, 0.717) is 18.7 Å². The zero-order valence-corrected chi connectivity index (χ0v) is 14.6. The number of hydrogen-bond acceptors (Lipinski definition) is 3. The fourth-order valence-corrected chi connectivity index (χ4v) is 4.64. The minimum absolute atomic E-state index is 0.221. The lowest BCUT2D eigenvalue weighted by molar-refractivity contribution is 0.573. The summed E-state index contributed by atoms with van der Waals surface area (Å²) in [5.74, 6) is -1.85. The molecule has 1 aliphatic rings. The Hall–Kier alpha value is -2.19. The summed E-state index contributed by atoms with van der Waals surface area (Å²) in [4.78, 5) is 0. The standard InChI is InChI=1S/C17H19F2N3O2S/c1-2-20-11-6-12-21-15-9-3-4-10-16(15)22(25(21,23)24)17-13(18)7-5-8-14(17)19/h3-5,7-10,20H,2,6,11-12H2,1H3. The van der Waals surface area contributed by atoms with E-state index in [2.05, 4.69) is 5.32 Å². The number of benzene rings is 2. The van der Waals surface area contributed by atoms with Crippen LogP contribution in [0.1, 0.15) is 13.3 Å². The molecule has 0 radical (unpaired) electrons. The first-order valence-electron chi connectivity index (χ1n) is 8.05. The summed E-state index contributed by atoms with van der Waals surface area (Å²) in [5.41, 5.74) is 0.0840.